The van der Waals surface area contributed by atoms with Crippen LogP contribution in [0.4, 0.5) is 0 Å². The monoisotopic (exact) mass is 352 g/mol. The highest BCUT2D eigenvalue weighted by atomic mass is 16.5. The van der Waals surface area contributed by atoms with E-state index in [1.165, 1.54) is 16.7 Å². The van der Waals surface area contributed by atoms with Crippen LogP contribution in [-0.2, 0) is 11.3 Å². The first-order valence-electron chi connectivity index (χ1n) is 9.30. The van der Waals surface area contributed by atoms with Crippen molar-refractivity contribution in [3.8, 4) is 0 Å². The first-order valence-corrected chi connectivity index (χ1v) is 9.30. The Morgan fingerprint density at radius 1 is 1.12 bits per heavy atom. The average molecular weight is 352 g/mol. The number of nitrogens with one attached hydrogen (secondary N) is 1. The number of hydrogen-bond acceptors (Lipinski definition) is 3. The molecule has 0 radical (unpaired) electrons. The number of aryl methyl sites for hydroxylation is 2. The highest BCUT2D eigenvalue weighted by molar-refractivity contribution is 5.94. The molecule has 1 N–H and O–H groups in total. The summed E-state index contributed by atoms with van der Waals surface area (Å²) in [6, 6.07) is 14.2. The minimum absolute atomic E-state index is 0.0175. The van der Waals surface area contributed by atoms with Gasteiger partial charge in [-0.05, 0) is 49.6 Å². The Kier molecular flexibility index (Phi) is 6.07. The van der Waals surface area contributed by atoms with Crippen LogP contribution in [-0.4, -0.2) is 37.1 Å². The molecule has 2 aromatic rings. The minimum atomic E-state index is -0.0320. The summed E-state index contributed by atoms with van der Waals surface area (Å²) < 4.78 is 5.38. The van der Waals surface area contributed by atoms with Crippen molar-refractivity contribution in [1.82, 2.24) is 10.2 Å². The predicted octanol–water partition coefficient (Wildman–Crippen LogP) is 3.63. The molecule has 0 saturated carbocycles. The van der Waals surface area contributed by atoms with Gasteiger partial charge in [0, 0.05) is 25.2 Å². The Bertz CT molecular complexity index is 749. The van der Waals surface area contributed by atoms with Crippen molar-refractivity contribution in [2.75, 3.05) is 26.3 Å². The van der Waals surface area contributed by atoms with E-state index in [0.717, 1.165) is 38.4 Å². The Balaban J connectivity index is 1.60. The Labute approximate surface area is 156 Å². The van der Waals surface area contributed by atoms with Crippen LogP contribution in [0.5, 0.6) is 0 Å². The molecule has 1 amide bonds. The van der Waals surface area contributed by atoms with E-state index in [-0.39, 0.29) is 11.9 Å². The smallest absolute Gasteiger partial charge is 0.251 e. The number of ether oxygens (including phenoxy) is 1. The zero-order valence-corrected chi connectivity index (χ0v) is 15.9. The molecular formula is C22H28N2O2. The normalized spacial score (nSPS) is 16.3. The Morgan fingerprint density at radius 2 is 1.81 bits per heavy atom. The van der Waals surface area contributed by atoms with Gasteiger partial charge < -0.3 is 10.1 Å². The molecule has 1 aliphatic heterocycles. The third-order valence-corrected chi connectivity index (χ3v) is 4.97. The molecule has 4 nitrogen and oxygen atoms in total. The third-order valence-electron chi connectivity index (χ3n) is 4.97. The van der Waals surface area contributed by atoms with Gasteiger partial charge in [0.05, 0.1) is 19.3 Å². The Morgan fingerprint density at radius 3 is 2.46 bits per heavy atom. The van der Waals surface area contributed by atoms with Gasteiger partial charge in [0.1, 0.15) is 0 Å². The Hall–Kier alpha value is -2.17. The molecule has 0 aliphatic carbocycles. The number of morpholine rings is 1. The summed E-state index contributed by atoms with van der Waals surface area (Å²) in [6.45, 7) is 10.6. The molecule has 4 heteroatoms. The van der Waals surface area contributed by atoms with Gasteiger partial charge in [0.25, 0.3) is 5.91 Å². The van der Waals surface area contributed by atoms with Crippen molar-refractivity contribution >= 4 is 5.91 Å². The van der Waals surface area contributed by atoms with Crippen LogP contribution in [0.1, 0.15) is 45.6 Å². The quantitative estimate of drug-likeness (QED) is 0.893. The number of carbonyl (C=O) groups is 1. The van der Waals surface area contributed by atoms with E-state index < -0.39 is 0 Å². The summed E-state index contributed by atoms with van der Waals surface area (Å²) in [5.74, 6) is -0.0320. The highest BCUT2D eigenvalue weighted by Gasteiger charge is 2.14. The lowest BCUT2D eigenvalue weighted by molar-refractivity contribution is 0.0342. The second-order valence-electron chi connectivity index (χ2n) is 7.14. The first kappa shape index (κ1) is 18.6. The van der Waals surface area contributed by atoms with Crippen molar-refractivity contribution in [2.45, 2.75) is 33.4 Å². The maximum absolute atomic E-state index is 12.6. The minimum Gasteiger partial charge on any atom is -0.379 e. The van der Waals surface area contributed by atoms with Crippen molar-refractivity contribution in [3.05, 3.63) is 70.3 Å². The van der Waals surface area contributed by atoms with E-state index in [4.69, 9.17) is 4.74 Å². The molecule has 1 aliphatic rings. The number of hydrogen-bond donors (Lipinski definition) is 1. The number of benzene rings is 2. The topological polar surface area (TPSA) is 41.6 Å². The lowest BCUT2D eigenvalue weighted by atomic mass is 10.00. The highest BCUT2D eigenvalue weighted by Crippen LogP contribution is 2.19. The molecule has 1 saturated heterocycles. The summed E-state index contributed by atoms with van der Waals surface area (Å²) in [5, 5.41) is 3.11. The lowest BCUT2D eigenvalue weighted by Crippen LogP contribution is -2.35. The SMILES string of the molecule is Cc1ccc([C@H](C)NC(=O)c2ccc(CN3CCOCC3)cc2)c(C)c1. The predicted molar refractivity (Wildman–Crippen MR) is 104 cm³/mol. The summed E-state index contributed by atoms with van der Waals surface area (Å²) in [7, 11) is 0. The van der Waals surface area contributed by atoms with Gasteiger partial charge in [-0.25, -0.2) is 0 Å². The van der Waals surface area contributed by atoms with Crippen LogP contribution in [0, 0.1) is 13.8 Å². The van der Waals surface area contributed by atoms with Crippen LogP contribution in [0.15, 0.2) is 42.5 Å². The standard InChI is InChI=1S/C22H28N2O2/c1-16-4-9-21(17(2)14-16)18(3)23-22(25)20-7-5-19(6-8-20)15-24-10-12-26-13-11-24/h4-9,14,18H,10-13,15H2,1-3H3,(H,23,25)/t18-/m0/s1. The molecule has 1 fully saturated rings. The molecule has 138 valence electrons. The second-order valence-corrected chi connectivity index (χ2v) is 7.14. The number of nitrogens with zero attached hydrogens (tertiary/aromatic N) is 1. The van der Waals surface area contributed by atoms with Crippen LogP contribution < -0.4 is 5.32 Å². The zero-order chi connectivity index (χ0) is 18.5. The number of rotatable bonds is 5. The molecule has 0 bridgehead atoms. The van der Waals surface area contributed by atoms with Crippen molar-refractivity contribution in [2.24, 2.45) is 0 Å². The van der Waals surface area contributed by atoms with Gasteiger partial charge in [-0.15, -0.1) is 0 Å². The fraction of sp³-hybridized carbons (Fsp3) is 0.409. The van der Waals surface area contributed by atoms with Crippen molar-refractivity contribution < 1.29 is 9.53 Å². The van der Waals surface area contributed by atoms with Crippen LogP contribution in [0.2, 0.25) is 0 Å². The summed E-state index contributed by atoms with van der Waals surface area (Å²) >= 11 is 0. The van der Waals surface area contributed by atoms with Gasteiger partial charge in [-0.3, -0.25) is 9.69 Å². The number of carbonyl (C=O) groups excluding carboxylic acids is 1. The molecule has 0 aromatic heterocycles. The number of amides is 1. The molecule has 1 atom stereocenters. The van der Waals surface area contributed by atoms with E-state index in [1.807, 2.05) is 31.2 Å². The van der Waals surface area contributed by atoms with E-state index in [1.54, 1.807) is 0 Å². The molecule has 1 heterocycles. The maximum atomic E-state index is 12.6. The fourth-order valence-electron chi connectivity index (χ4n) is 3.45. The average Bonchev–Trinajstić information content (AvgIpc) is 2.63. The maximum Gasteiger partial charge on any atom is 0.251 e. The summed E-state index contributed by atoms with van der Waals surface area (Å²) in [6.07, 6.45) is 0. The molecule has 2 aromatic carbocycles. The first-order chi connectivity index (χ1) is 12.5. The second kappa shape index (κ2) is 8.47. The van der Waals surface area contributed by atoms with Crippen LogP contribution >= 0.6 is 0 Å². The summed E-state index contributed by atoms with van der Waals surface area (Å²) in [4.78, 5) is 14.9. The zero-order valence-electron chi connectivity index (χ0n) is 15.9. The molecular weight excluding hydrogens is 324 g/mol. The van der Waals surface area contributed by atoms with Gasteiger partial charge in [-0.1, -0.05) is 35.9 Å². The van der Waals surface area contributed by atoms with Crippen molar-refractivity contribution in [1.29, 1.82) is 0 Å². The lowest BCUT2D eigenvalue weighted by Gasteiger charge is -2.26. The summed E-state index contributed by atoms with van der Waals surface area (Å²) in [5.41, 5.74) is 5.53. The van der Waals surface area contributed by atoms with Gasteiger partial charge >= 0.3 is 0 Å². The van der Waals surface area contributed by atoms with Gasteiger partial charge in [-0.2, -0.15) is 0 Å². The molecule has 0 spiro atoms. The molecule has 26 heavy (non-hydrogen) atoms. The van der Waals surface area contributed by atoms with Crippen molar-refractivity contribution in [3.63, 3.8) is 0 Å². The molecule has 0 unspecified atom stereocenters. The van der Waals surface area contributed by atoms with Crippen LogP contribution in [0.3, 0.4) is 0 Å². The van der Waals surface area contributed by atoms with E-state index >= 15 is 0 Å². The largest absolute Gasteiger partial charge is 0.379 e. The third kappa shape index (κ3) is 4.71. The van der Waals surface area contributed by atoms with Crippen LogP contribution in [0.25, 0.3) is 0 Å². The van der Waals surface area contributed by atoms with E-state index in [0.29, 0.717) is 5.56 Å². The van der Waals surface area contributed by atoms with Gasteiger partial charge in [0.15, 0.2) is 0 Å². The fourth-order valence-corrected chi connectivity index (χ4v) is 3.45. The van der Waals surface area contributed by atoms with Gasteiger partial charge in [0.2, 0.25) is 0 Å². The molecule has 3 rings (SSSR count). The van der Waals surface area contributed by atoms with E-state index in [9.17, 15) is 4.79 Å². The van der Waals surface area contributed by atoms with E-state index in [2.05, 4.69) is 42.3 Å².